The van der Waals surface area contributed by atoms with Gasteiger partial charge in [-0.3, -0.25) is 9.59 Å². The maximum Gasteiger partial charge on any atom is 0.227 e. The van der Waals surface area contributed by atoms with Gasteiger partial charge >= 0.3 is 0 Å². The standard InChI is InChI=1S/C24H29FN2O4/c1-30-21-12-8-16(14-22(21)31-2)9-13-23(28)26-18-10-11-19(25)20(15-18)27-24(29)17-6-4-3-5-7-17/h8,10-12,14-15,17H,3-7,9,13H2,1-2H3,(H,26,28)(H,27,29). The molecule has 0 spiro atoms. The predicted octanol–water partition coefficient (Wildman–Crippen LogP) is 4.93. The number of nitrogens with one attached hydrogen (secondary N) is 2. The highest BCUT2D eigenvalue weighted by Gasteiger charge is 2.22. The highest BCUT2D eigenvalue weighted by Crippen LogP contribution is 2.29. The van der Waals surface area contributed by atoms with Crippen LogP contribution in [-0.4, -0.2) is 26.0 Å². The maximum absolute atomic E-state index is 14.2. The van der Waals surface area contributed by atoms with E-state index in [9.17, 15) is 14.0 Å². The lowest BCUT2D eigenvalue weighted by molar-refractivity contribution is -0.120. The Balaban J connectivity index is 1.57. The van der Waals surface area contributed by atoms with Gasteiger partial charge in [-0.15, -0.1) is 0 Å². The number of anilines is 2. The first kappa shape index (κ1) is 22.6. The van der Waals surface area contributed by atoms with Gasteiger partial charge in [0.15, 0.2) is 11.5 Å². The van der Waals surface area contributed by atoms with E-state index in [1.165, 1.54) is 18.2 Å². The van der Waals surface area contributed by atoms with Gasteiger partial charge in [0.05, 0.1) is 19.9 Å². The van der Waals surface area contributed by atoms with Crippen molar-refractivity contribution in [2.24, 2.45) is 5.92 Å². The third kappa shape index (κ3) is 6.20. The Labute approximate surface area is 182 Å². The van der Waals surface area contributed by atoms with Crippen LogP contribution in [0.3, 0.4) is 0 Å². The molecular weight excluding hydrogens is 399 g/mol. The summed E-state index contributed by atoms with van der Waals surface area (Å²) in [5.41, 5.74) is 1.47. The zero-order chi connectivity index (χ0) is 22.2. The minimum atomic E-state index is -0.521. The van der Waals surface area contributed by atoms with Crippen LogP contribution in [0.1, 0.15) is 44.1 Å². The SMILES string of the molecule is COc1ccc(CCC(=O)Nc2ccc(F)c(NC(=O)C3CCCCC3)c2)cc1OC. The highest BCUT2D eigenvalue weighted by atomic mass is 19.1. The van der Waals surface area contributed by atoms with Crippen molar-refractivity contribution in [1.29, 1.82) is 0 Å². The average molecular weight is 429 g/mol. The fraction of sp³-hybridized carbons (Fsp3) is 0.417. The number of aryl methyl sites for hydroxylation is 1. The van der Waals surface area contributed by atoms with Gasteiger partial charge < -0.3 is 20.1 Å². The fourth-order valence-electron chi connectivity index (χ4n) is 3.82. The van der Waals surface area contributed by atoms with E-state index in [0.29, 0.717) is 23.6 Å². The van der Waals surface area contributed by atoms with Gasteiger partial charge in [-0.25, -0.2) is 4.39 Å². The summed E-state index contributed by atoms with van der Waals surface area (Å²) in [4.78, 5) is 24.8. The maximum atomic E-state index is 14.2. The van der Waals surface area contributed by atoms with Crippen molar-refractivity contribution in [3.8, 4) is 11.5 Å². The quantitative estimate of drug-likeness (QED) is 0.625. The molecular formula is C24H29FN2O4. The average Bonchev–Trinajstić information content (AvgIpc) is 2.80. The van der Waals surface area contributed by atoms with E-state index in [-0.39, 0.29) is 29.8 Å². The summed E-state index contributed by atoms with van der Waals surface area (Å²) < 4.78 is 24.7. The number of halogens is 1. The first-order valence-corrected chi connectivity index (χ1v) is 10.6. The smallest absolute Gasteiger partial charge is 0.227 e. The molecule has 1 fully saturated rings. The number of hydrogen-bond donors (Lipinski definition) is 2. The van der Waals surface area contributed by atoms with Gasteiger partial charge in [-0.05, 0) is 55.2 Å². The number of amides is 2. The Kier molecular flexibility index (Phi) is 7.87. The molecule has 1 saturated carbocycles. The second kappa shape index (κ2) is 10.8. The van der Waals surface area contributed by atoms with E-state index in [0.717, 1.165) is 37.7 Å². The normalized spacial score (nSPS) is 14.0. The third-order valence-electron chi connectivity index (χ3n) is 5.57. The minimum Gasteiger partial charge on any atom is -0.493 e. The minimum absolute atomic E-state index is 0.0760. The van der Waals surface area contributed by atoms with Crippen molar-refractivity contribution in [2.45, 2.75) is 44.9 Å². The Morgan fingerprint density at radius 2 is 1.71 bits per heavy atom. The van der Waals surface area contributed by atoms with Crippen molar-refractivity contribution >= 4 is 23.2 Å². The lowest BCUT2D eigenvalue weighted by Crippen LogP contribution is -2.25. The number of ether oxygens (including phenoxy) is 2. The van der Waals surface area contributed by atoms with Crippen LogP contribution in [-0.2, 0) is 16.0 Å². The van der Waals surface area contributed by atoms with Gasteiger partial charge in [0.2, 0.25) is 11.8 Å². The molecule has 1 aliphatic carbocycles. The van der Waals surface area contributed by atoms with Gasteiger partial charge in [-0.2, -0.15) is 0 Å². The van der Waals surface area contributed by atoms with Crippen molar-refractivity contribution in [3.05, 3.63) is 47.8 Å². The molecule has 2 aromatic carbocycles. The van der Waals surface area contributed by atoms with Gasteiger partial charge in [0, 0.05) is 18.0 Å². The topological polar surface area (TPSA) is 76.7 Å². The molecule has 2 N–H and O–H groups in total. The molecule has 0 unspecified atom stereocenters. The monoisotopic (exact) mass is 428 g/mol. The summed E-state index contributed by atoms with van der Waals surface area (Å²) in [5, 5.41) is 5.45. The molecule has 2 amide bonds. The summed E-state index contributed by atoms with van der Waals surface area (Å²) >= 11 is 0. The number of rotatable bonds is 8. The lowest BCUT2D eigenvalue weighted by Gasteiger charge is -2.21. The largest absolute Gasteiger partial charge is 0.493 e. The van der Waals surface area contributed by atoms with Crippen LogP contribution >= 0.6 is 0 Å². The first-order chi connectivity index (χ1) is 15.0. The molecule has 7 heteroatoms. The molecule has 0 saturated heterocycles. The Morgan fingerprint density at radius 3 is 2.42 bits per heavy atom. The second-order valence-electron chi connectivity index (χ2n) is 7.76. The number of benzene rings is 2. The Bertz CT molecular complexity index is 926. The number of carbonyl (C=O) groups is 2. The summed E-state index contributed by atoms with van der Waals surface area (Å²) in [6.45, 7) is 0. The second-order valence-corrected chi connectivity index (χ2v) is 7.76. The van der Waals surface area contributed by atoms with E-state index in [2.05, 4.69) is 10.6 Å². The Morgan fingerprint density at radius 1 is 0.968 bits per heavy atom. The summed E-state index contributed by atoms with van der Waals surface area (Å²) in [6, 6.07) is 9.71. The van der Waals surface area contributed by atoms with E-state index in [1.807, 2.05) is 12.1 Å². The number of hydrogen-bond acceptors (Lipinski definition) is 4. The van der Waals surface area contributed by atoms with E-state index in [1.54, 1.807) is 20.3 Å². The first-order valence-electron chi connectivity index (χ1n) is 10.6. The molecule has 166 valence electrons. The molecule has 0 aromatic heterocycles. The molecule has 0 heterocycles. The summed E-state index contributed by atoms with van der Waals surface area (Å²) in [6.07, 6.45) is 5.62. The van der Waals surface area contributed by atoms with Crippen LogP contribution in [0.2, 0.25) is 0 Å². The molecule has 31 heavy (non-hydrogen) atoms. The van der Waals surface area contributed by atoms with E-state index in [4.69, 9.17) is 9.47 Å². The van der Waals surface area contributed by atoms with Crippen LogP contribution in [0.15, 0.2) is 36.4 Å². The fourth-order valence-corrected chi connectivity index (χ4v) is 3.82. The van der Waals surface area contributed by atoms with Crippen molar-refractivity contribution in [1.82, 2.24) is 0 Å². The van der Waals surface area contributed by atoms with Crippen molar-refractivity contribution in [3.63, 3.8) is 0 Å². The predicted molar refractivity (Wildman–Crippen MR) is 118 cm³/mol. The lowest BCUT2D eigenvalue weighted by atomic mass is 9.88. The van der Waals surface area contributed by atoms with Crippen LogP contribution in [0, 0.1) is 11.7 Å². The van der Waals surface area contributed by atoms with E-state index < -0.39 is 5.82 Å². The molecule has 2 aromatic rings. The van der Waals surface area contributed by atoms with E-state index >= 15 is 0 Å². The van der Waals surface area contributed by atoms with Gasteiger partial charge in [0.1, 0.15) is 5.82 Å². The molecule has 0 radical (unpaired) electrons. The molecule has 6 nitrogen and oxygen atoms in total. The van der Waals surface area contributed by atoms with Crippen molar-refractivity contribution < 1.29 is 23.5 Å². The number of methoxy groups -OCH3 is 2. The molecule has 0 aliphatic heterocycles. The summed E-state index contributed by atoms with van der Waals surface area (Å²) in [7, 11) is 3.13. The van der Waals surface area contributed by atoms with Crippen LogP contribution < -0.4 is 20.1 Å². The van der Waals surface area contributed by atoms with Crippen LogP contribution in [0.5, 0.6) is 11.5 Å². The van der Waals surface area contributed by atoms with Crippen molar-refractivity contribution in [2.75, 3.05) is 24.9 Å². The summed E-state index contributed by atoms with van der Waals surface area (Å²) in [5.74, 6) is 0.281. The zero-order valence-electron chi connectivity index (χ0n) is 18.0. The van der Waals surface area contributed by atoms with Crippen LogP contribution in [0.25, 0.3) is 0 Å². The molecule has 0 atom stereocenters. The van der Waals surface area contributed by atoms with Crippen LogP contribution in [0.4, 0.5) is 15.8 Å². The van der Waals surface area contributed by atoms with Gasteiger partial charge in [-0.1, -0.05) is 25.3 Å². The van der Waals surface area contributed by atoms with Gasteiger partial charge in [0.25, 0.3) is 0 Å². The molecule has 1 aliphatic rings. The molecule has 3 rings (SSSR count). The highest BCUT2D eigenvalue weighted by molar-refractivity contribution is 5.95. The third-order valence-corrected chi connectivity index (χ3v) is 5.57. The Hall–Kier alpha value is -3.09. The number of carbonyl (C=O) groups excluding carboxylic acids is 2. The molecule has 0 bridgehead atoms. The zero-order valence-corrected chi connectivity index (χ0v) is 18.0.